The minimum Gasteiger partial charge on any atom is -0.359 e. The lowest BCUT2D eigenvalue weighted by Gasteiger charge is -2.22. The van der Waals surface area contributed by atoms with Crippen molar-refractivity contribution in [3.63, 3.8) is 0 Å². The van der Waals surface area contributed by atoms with E-state index in [2.05, 4.69) is 22.3 Å². The number of rotatable bonds is 6. The Hall–Kier alpha value is -1.62. The molecule has 2 N–H and O–H groups in total. The summed E-state index contributed by atoms with van der Waals surface area (Å²) in [5.74, 6) is 0.0341. The fourth-order valence-electron chi connectivity index (χ4n) is 1.51. The lowest BCUT2D eigenvalue weighted by Crippen LogP contribution is -2.41. The molecule has 0 bridgehead atoms. The molecule has 0 fully saturated rings. The number of carbonyl (C=O) groups is 1. The van der Waals surface area contributed by atoms with Crippen LogP contribution < -0.4 is 10.6 Å². The Labute approximate surface area is 102 Å². The maximum atomic E-state index is 11.5. The molecular weight excluding hydrogens is 216 g/mol. The van der Waals surface area contributed by atoms with Gasteiger partial charge in [-0.25, -0.2) is 4.68 Å². The second-order valence-corrected chi connectivity index (χ2v) is 4.58. The lowest BCUT2D eigenvalue weighted by molar-refractivity contribution is -0.128. The van der Waals surface area contributed by atoms with Crippen molar-refractivity contribution in [1.29, 1.82) is 0 Å². The van der Waals surface area contributed by atoms with Crippen LogP contribution in [0.3, 0.4) is 0 Å². The fraction of sp³-hybridized carbons (Fsp3) is 0.500. The molecule has 0 atom stereocenters. The van der Waals surface area contributed by atoms with Crippen LogP contribution in [-0.4, -0.2) is 29.3 Å². The Morgan fingerprint density at radius 1 is 1.65 bits per heavy atom. The average molecular weight is 236 g/mol. The zero-order valence-electron chi connectivity index (χ0n) is 10.7. The van der Waals surface area contributed by atoms with Crippen molar-refractivity contribution in [2.75, 3.05) is 13.6 Å². The average Bonchev–Trinajstić information content (AvgIpc) is 2.75. The minimum absolute atomic E-state index is 0.0341. The zero-order chi connectivity index (χ0) is 12.9. The molecule has 0 aliphatic carbocycles. The van der Waals surface area contributed by atoms with Crippen molar-refractivity contribution in [3.05, 3.63) is 24.5 Å². The molecule has 1 aromatic heterocycles. The normalized spacial score (nSPS) is 11.2. The summed E-state index contributed by atoms with van der Waals surface area (Å²) in [5.41, 5.74) is 0.654. The van der Waals surface area contributed by atoms with Crippen LogP contribution >= 0.6 is 0 Å². The van der Waals surface area contributed by atoms with E-state index >= 15 is 0 Å². The predicted octanol–water partition coefficient (Wildman–Crippen LogP) is 0.845. The number of hydrogen-bond donors (Lipinski definition) is 2. The molecule has 0 radical (unpaired) electrons. The van der Waals surface area contributed by atoms with Gasteiger partial charge in [0, 0.05) is 38.1 Å². The van der Waals surface area contributed by atoms with Gasteiger partial charge in [0.05, 0.1) is 11.6 Å². The molecule has 1 amide bonds. The summed E-state index contributed by atoms with van der Waals surface area (Å²) in [6.07, 6.45) is 5.31. The molecule has 0 unspecified atom stereocenters. The van der Waals surface area contributed by atoms with Crippen molar-refractivity contribution in [1.82, 2.24) is 20.4 Å². The lowest BCUT2D eigenvalue weighted by atomic mass is 9.92. The van der Waals surface area contributed by atoms with Crippen LogP contribution in [-0.2, 0) is 11.3 Å². The van der Waals surface area contributed by atoms with E-state index in [9.17, 15) is 4.79 Å². The summed E-state index contributed by atoms with van der Waals surface area (Å²) >= 11 is 0. The van der Waals surface area contributed by atoms with Gasteiger partial charge in [-0.15, -0.1) is 0 Å². The monoisotopic (exact) mass is 236 g/mol. The smallest absolute Gasteiger partial charge is 0.226 e. The topological polar surface area (TPSA) is 59.0 Å². The highest BCUT2D eigenvalue weighted by Crippen LogP contribution is 2.13. The molecule has 0 spiro atoms. The van der Waals surface area contributed by atoms with Crippen LogP contribution in [0.1, 0.15) is 19.4 Å². The van der Waals surface area contributed by atoms with Gasteiger partial charge in [0.15, 0.2) is 0 Å². The van der Waals surface area contributed by atoms with Crippen LogP contribution in [0.5, 0.6) is 0 Å². The maximum absolute atomic E-state index is 11.5. The zero-order valence-corrected chi connectivity index (χ0v) is 10.7. The molecule has 0 aromatic carbocycles. The summed E-state index contributed by atoms with van der Waals surface area (Å²) in [6.45, 7) is 8.75. The molecule has 5 heteroatoms. The van der Waals surface area contributed by atoms with E-state index in [4.69, 9.17) is 0 Å². The molecule has 5 nitrogen and oxygen atoms in total. The first-order valence-electron chi connectivity index (χ1n) is 5.58. The SMILES string of the molecule is C=Cn1cc(CNCC(C)(C)C(=O)NC)cn1. The second-order valence-electron chi connectivity index (χ2n) is 4.58. The van der Waals surface area contributed by atoms with Crippen molar-refractivity contribution >= 4 is 12.1 Å². The molecule has 0 aliphatic rings. The van der Waals surface area contributed by atoms with Crippen molar-refractivity contribution in [2.24, 2.45) is 5.41 Å². The molecule has 0 saturated heterocycles. The highest BCUT2D eigenvalue weighted by Gasteiger charge is 2.25. The Balaban J connectivity index is 2.42. The molecule has 94 valence electrons. The summed E-state index contributed by atoms with van der Waals surface area (Å²) < 4.78 is 1.65. The van der Waals surface area contributed by atoms with Gasteiger partial charge in [-0.1, -0.05) is 6.58 Å². The van der Waals surface area contributed by atoms with Gasteiger partial charge in [-0.2, -0.15) is 5.10 Å². The minimum atomic E-state index is -0.414. The van der Waals surface area contributed by atoms with Crippen molar-refractivity contribution in [2.45, 2.75) is 20.4 Å². The van der Waals surface area contributed by atoms with Gasteiger partial charge in [-0.3, -0.25) is 4.79 Å². The van der Waals surface area contributed by atoms with E-state index in [0.717, 1.165) is 5.56 Å². The second kappa shape index (κ2) is 5.63. The Kier molecular flexibility index (Phi) is 4.45. The van der Waals surface area contributed by atoms with Gasteiger partial charge in [0.2, 0.25) is 5.91 Å². The van der Waals surface area contributed by atoms with Crippen LogP contribution in [0.25, 0.3) is 6.20 Å². The Morgan fingerprint density at radius 2 is 2.35 bits per heavy atom. The van der Waals surface area contributed by atoms with E-state index in [0.29, 0.717) is 13.1 Å². The van der Waals surface area contributed by atoms with Crippen LogP contribution in [0.2, 0.25) is 0 Å². The van der Waals surface area contributed by atoms with Crippen LogP contribution in [0.4, 0.5) is 0 Å². The summed E-state index contributed by atoms with van der Waals surface area (Å²) in [6, 6.07) is 0. The summed E-state index contributed by atoms with van der Waals surface area (Å²) in [7, 11) is 1.65. The summed E-state index contributed by atoms with van der Waals surface area (Å²) in [5, 5.41) is 9.99. The van der Waals surface area contributed by atoms with Gasteiger partial charge >= 0.3 is 0 Å². The van der Waals surface area contributed by atoms with Crippen LogP contribution in [0.15, 0.2) is 19.0 Å². The third-order valence-electron chi connectivity index (χ3n) is 2.58. The van der Waals surface area contributed by atoms with Crippen molar-refractivity contribution < 1.29 is 4.79 Å². The Morgan fingerprint density at radius 3 is 2.88 bits per heavy atom. The van der Waals surface area contributed by atoms with E-state index in [1.807, 2.05) is 20.0 Å². The molecule has 0 aliphatic heterocycles. The maximum Gasteiger partial charge on any atom is 0.226 e. The predicted molar refractivity (Wildman–Crippen MR) is 68.2 cm³/mol. The van der Waals surface area contributed by atoms with Crippen LogP contribution in [0, 0.1) is 5.41 Å². The van der Waals surface area contributed by atoms with E-state index in [1.165, 1.54) is 0 Å². The van der Waals surface area contributed by atoms with E-state index in [1.54, 1.807) is 24.1 Å². The first-order chi connectivity index (χ1) is 7.99. The highest BCUT2D eigenvalue weighted by atomic mass is 16.2. The largest absolute Gasteiger partial charge is 0.359 e. The van der Waals surface area contributed by atoms with Crippen molar-refractivity contribution in [3.8, 4) is 0 Å². The van der Waals surface area contributed by atoms with E-state index in [-0.39, 0.29) is 5.91 Å². The third kappa shape index (κ3) is 3.71. The van der Waals surface area contributed by atoms with Gasteiger partial charge in [-0.05, 0) is 13.8 Å². The first kappa shape index (κ1) is 13.4. The standard InChI is InChI=1S/C12H20N4O/c1-5-16-8-10(7-15-16)6-14-9-12(2,3)11(17)13-4/h5,7-8,14H,1,6,9H2,2-4H3,(H,13,17). The van der Waals surface area contributed by atoms with Gasteiger partial charge in [0.25, 0.3) is 0 Å². The number of amides is 1. The molecule has 1 heterocycles. The quantitative estimate of drug-likeness (QED) is 0.769. The summed E-state index contributed by atoms with van der Waals surface area (Å²) in [4.78, 5) is 11.5. The van der Waals surface area contributed by atoms with Gasteiger partial charge < -0.3 is 10.6 Å². The number of nitrogens with one attached hydrogen (secondary N) is 2. The third-order valence-corrected chi connectivity index (χ3v) is 2.58. The number of nitrogens with zero attached hydrogens (tertiary/aromatic N) is 2. The number of carbonyl (C=O) groups excluding carboxylic acids is 1. The Bertz CT molecular complexity index is 395. The highest BCUT2D eigenvalue weighted by molar-refractivity contribution is 5.81. The van der Waals surface area contributed by atoms with E-state index < -0.39 is 5.41 Å². The molecule has 1 aromatic rings. The molecular formula is C12H20N4O. The molecule has 1 rings (SSSR count). The molecule has 17 heavy (non-hydrogen) atoms. The first-order valence-corrected chi connectivity index (χ1v) is 5.58. The van der Waals surface area contributed by atoms with Gasteiger partial charge in [0.1, 0.15) is 0 Å². The number of aromatic nitrogens is 2. The number of hydrogen-bond acceptors (Lipinski definition) is 3. The molecule has 0 saturated carbocycles. The fourth-order valence-corrected chi connectivity index (χ4v) is 1.51.